The molecule has 1 saturated heterocycles. The van der Waals surface area contributed by atoms with E-state index in [1.165, 1.54) is 6.42 Å². The van der Waals surface area contributed by atoms with Gasteiger partial charge in [0.15, 0.2) is 0 Å². The maximum atomic E-state index is 12.5. The molecule has 2 heterocycles. The second kappa shape index (κ2) is 7.21. The van der Waals surface area contributed by atoms with E-state index >= 15 is 0 Å². The summed E-state index contributed by atoms with van der Waals surface area (Å²) in [6.07, 6.45) is 6.60. The number of rotatable bonds is 2. The number of piperidine rings is 1. The van der Waals surface area contributed by atoms with Crippen molar-refractivity contribution < 1.29 is 4.79 Å². The predicted octanol–water partition coefficient (Wildman–Crippen LogP) is 1.30. The van der Waals surface area contributed by atoms with Crippen molar-refractivity contribution >= 4 is 5.91 Å². The van der Waals surface area contributed by atoms with Crippen LogP contribution in [0.4, 0.5) is 0 Å². The van der Waals surface area contributed by atoms with Gasteiger partial charge in [-0.15, -0.1) is 0 Å². The number of amides is 1. The molecule has 5 nitrogen and oxygen atoms in total. The predicted molar refractivity (Wildman–Crippen MR) is 82.2 cm³/mol. The first-order chi connectivity index (χ1) is 10.1. The minimum Gasteiger partial charge on any atom is -0.320 e. The number of hydrogen-bond acceptors (Lipinski definition) is 4. The van der Waals surface area contributed by atoms with Crippen LogP contribution in [0.5, 0.6) is 0 Å². The summed E-state index contributed by atoms with van der Waals surface area (Å²) in [5.41, 5.74) is 9.55. The average Bonchev–Trinajstić information content (AvgIpc) is 2.49. The Hall–Kier alpha value is -1.90. The van der Waals surface area contributed by atoms with Gasteiger partial charge in [-0.25, -0.2) is 5.01 Å². The number of hydrogen-bond donors (Lipinski definition) is 2. The zero-order chi connectivity index (χ0) is 15.2. The number of nitrogens with one attached hydrogen (secondary N) is 1. The molecular formula is C16H22N4O. The summed E-state index contributed by atoms with van der Waals surface area (Å²) in [5.74, 6) is 5.52. The third-order valence-corrected chi connectivity index (χ3v) is 3.81. The standard InChI is InChI=1S/C16H22N4O/c1-12-5-3-6-13(2)20(12)19-16(21)15-8-10-18-11-14(15)7-4-9-17/h8,10-13H,3,5-6,9,17H2,1-2H3,(H,19,21). The molecule has 0 bridgehead atoms. The Morgan fingerprint density at radius 2 is 2.19 bits per heavy atom. The Balaban J connectivity index is 2.16. The first-order valence-electron chi connectivity index (χ1n) is 7.35. The lowest BCUT2D eigenvalue weighted by Crippen LogP contribution is -2.54. The molecule has 0 radical (unpaired) electrons. The van der Waals surface area contributed by atoms with Crippen LogP contribution in [0, 0.1) is 11.8 Å². The van der Waals surface area contributed by atoms with Crippen LogP contribution < -0.4 is 11.2 Å². The first-order valence-corrected chi connectivity index (χ1v) is 7.35. The number of nitrogens with two attached hydrogens (primary N) is 1. The number of pyridine rings is 1. The molecular weight excluding hydrogens is 264 g/mol. The van der Waals surface area contributed by atoms with Crippen LogP contribution in [0.1, 0.15) is 49.0 Å². The second-order valence-electron chi connectivity index (χ2n) is 5.40. The monoisotopic (exact) mass is 286 g/mol. The van der Waals surface area contributed by atoms with E-state index in [0.29, 0.717) is 23.2 Å². The number of hydrazine groups is 1. The topological polar surface area (TPSA) is 71.2 Å². The van der Waals surface area contributed by atoms with Gasteiger partial charge in [0.2, 0.25) is 0 Å². The van der Waals surface area contributed by atoms with E-state index in [-0.39, 0.29) is 12.5 Å². The van der Waals surface area contributed by atoms with Crippen LogP contribution in [0.2, 0.25) is 0 Å². The highest BCUT2D eigenvalue weighted by molar-refractivity contribution is 5.96. The Morgan fingerprint density at radius 3 is 2.86 bits per heavy atom. The summed E-state index contributed by atoms with van der Waals surface area (Å²) in [7, 11) is 0. The maximum Gasteiger partial charge on any atom is 0.266 e. The van der Waals surface area contributed by atoms with Crippen LogP contribution in [0.3, 0.4) is 0 Å². The lowest BCUT2D eigenvalue weighted by Gasteiger charge is -2.38. The summed E-state index contributed by atoms with van der Waals surface area (Å²) in [5, 5.41) is 2.05. The van der Waals surface area contributed by atoms with Gasteiger partial charge in [0, 0.05) is 24.5 Å². The minimum atomic E-state index is -0.140. The van der Waals surface area contributed by atoms with Crippen LogP contribution >= 0.6 is 0 Å². The molecule has 1 fully saturated rings. The minimum absolute atomic E-state index is 0.140. The fourth-order valence-electron chi connectivity index (χ4n) is 2.66. The third-order valence-electron chi connectivity index (χ3n) is 3.81. The van der Waals surface area contributed by atoms with Crippen molar-refractivity contribution in [3.63, 3.8) is 0 Å². The highest BCUT2D eigenvalue weighted by Crippen LogP contribution is 2.20. The molecule has 0 spiro atoms. The van der Waals surface area contributed by atoms with Gasteiger partial charge in [0.25, 0.3) is 5.91 Å². The highest BCUT2D eigenvalue weighted by atomic mass is 16.2. The van der Waals surface area contributed by atoms with Crippen LogP contribution in [-0.4, -0.2) is 34.5 Å². The summed E-state index contributed by atoms with van der Waals surface area (Å²) < 4.78 is 0. The van der Waals surface area contributed by atoms with Crippen LogP contribution in [0.15, 0.2) is 18.5 Å². The lowest BCUT2D eigenvalue weighted by molar-refractivity contribution is 0.0369. The molecule has 1 aromatic rings. The number of aromatic nitrogens is 1. The number of nitrogens with zero attached hydrogens (tertiary/aromatic N) is 2. The Kier molecular flexibility index (Phi) is 5.32. The van der Waals surface area contributed by atoms with Gasteiger partial charge >= 0.3 is 0 Å². The molecule has 0 aromatic carbocycles. The van der Waals surface area contributed by atoms with Crippen molar-refractivity contribution in [2.75, 3.05) is 6.54 Å². The fourth-order valence-corrected chi connectivity index (χ4v) is 2.66. The average molecular weight is 286 g/mol. The van der Waals surface area contributed by atoms with Gasteiger partial charge in [-0.3, -0.25) is 15.2 Å². The maximum absolute atomic E-state index is 12.5. The third kappa shape index (κ3) is 3.81. The molecule has 1 aromatic heterocycles. The van der Waals surface area contributed by atoms with Crippen molar-refractivity contribution in [2.24, 2.45) is 5.73 Å². The van der Waals surface area contributed by atoms with Gasteiger partial charge < -0.3 is 5.73 Å². The lowest BCUT2D eigenvalue weighted by atomic mass is 10.00. The van der Waals surface area contributed by atoms with Gasteiger partial charge in [-0.2, -0.15) is 0 Å². The van der Waals surface area contributed by atoms with Crippen LogP contribution in [0.25, 0.3) is 0 Å². The van der Waals surface area contributed by atoms with E-state index in [2.05, 4.69) is 36.1 Å². The summed E-state index contributed by atoms with van der Waals surface area (Å²) in [6, 6.07) is 2.38. The highest BCUT2D eigenvalue weighted by Gasteiger charge is 2.26. The summed E-state index contributed by atoms with van der Waals surface area (Å²) in [6.45, 7) is 4.53. The van der Waals surface area contributed by atoms with Gasteiger partial charge in [0.05, 0.1) is 17.7 Å². The van der Waals surface area contributed by atoms with Gasteiger partial charge in [-0.1, -0.05) is 18.3 Å². The molecule has 0 saturated carbocycles. The molecule has 2 rings (SSSR count). The van der Waals surface area contributed by atoms with E-state index in [9.17, 15) is 4.79 Å². The zero-order valence-electron chi connectivity index (χ0n) is 12.6. The molecule has 0 aliphatic carbocycles. The molecule has 1 aliphatic heterocycles. The molecule has 2 unspecified atom stereocenters. The van der Waals surface area contributed by atoms with Crippen LogP contribution in [-0.2, 0) is 0 Å². The number of carbonyl (C=O) groups is 1. The van der Waals surface area contributed by atoms with Crippen molar-refractivity contribution in [3.8, 4) is 11.8 Å². The Labute approximate surface area is 125 Å². The van der Waals surface area contributed by atoms with Gasteiger partial charge in [0.1, 0.15) is 0 Å². The van der Waals surface area contributed by atoms with Crippen molar-refractivity contribution in [1.29, 1.82) is 0 Å². The van der Waals surface area contributed by atoms with Gasteiger partial charge in [-0.05, 0) is 32.8 Å². The van der Waals surface area contributed by atoms with E-state index < -0.39 is 0 Å². The number of carbonyl (C=O) groups excluding carboxylic acids is 1. The molecule has 1 aliphatic rings. The quantitative estimate of drug-likeness (QED) is 0.804. The second-order valence-corrected chi connectivity index (χ2v) is 5.40. The van der Waals surface area contributed by atoms with Crippen molar-refractivity contribution in [2.45, 2.75) is 45.2 Å². The zero-order valence-corrected chi connectivity index (χ0v) is 12.6. The Bertz CT molecular complexity index is 551. The summed E-state index contributed by atoms with van der Waals surface area (Å²) >= 11 is 0. The van der Waals surface area contributed by atoms with E-state index in [1.54, 1.807) is 18.5 Å². The molecule has 1 amide bonds. The normalized spacial score (nSPS) is 22.2. The molecule has 21 heavy (non-hydrogen) atoms. The molecule has 2 atom stereocenters. The fraction of sp³-hybridized carbons (Fsp3) is 0.500. The first kappa shape index (κ1) is 15.5. The van der Waals surface area contributed by atoms with E-state index in [1.807, 2.05) is 5.01 Å². The SMILES string of the molecule is CC1CCCC(C)N1NC(=O)c1ccncc1C#CCN. The molecule has 3 N–H and O–H groups in total. The van der Waals surface area contributed by atoms with Crippen molar-refractivity contribution in [1.82, 2.24) is 15.4 Å². The largest absolute Gasteiger partial charge is 0.320 e. The molecule has 112 valence electrons. The van der Waals surface area contributed by atoms with E-state index in [4.69, 9.17) is 5.73 Å². The Morgan fingerprint density at radius 1 is 1.48 bits per heavy atom. The van der Waals surface area contributed by atoms with Crippen molar-refractivity contribution in [3.05, 3.63) is 29.6 Å². The molecule has 5 heteroatoms. The summed E-state index contributed by atoms with van der Waals surface area (Å²) in [4.78, 5) is 16.5. The van der Waals surface area contributed by atoms with E-state index in [0.717, 1.165) is 12.8 Å². The smallest absolute Gasteiger partial charge is 0.266 e.